The zero-order valence-corrected chi connectivity index (χ0v) is 13.0. The monoisotopic (exact) mass is 321 g/mol. The van der Waals surface area contributed by atoms with Crippen molar-refractivity contribution in [3.8, 4) is 0 Å². The molecular weight excluding hydrogens is 306 g/mol. The predicted octanol–water partition coefficient (Wildman–Crippen LogP) is 0.281. The summed E-state index contributed by atoms with van der Waals surface area (Å²) in [5.41, 5.74) is 0.481. The van der Waals surface area contributed by atoms with E-state index >= 15 is 0 Å². The average Bonchev–Trinajstić information content (AvgIpc) is 2.94. The van der Waals surface area contributed by atoms with E-state index in [1.165, 1.54) is 11.8 Å². The number of hydrogen-bond donors (Lipinski definition) is 1. The Morgan fingerprint density at radius 2 is 2.36 bits per heavy atom. The van der Waals surface area contributed by atoms with E-state index in [1.807, 2.05) is 0 Å². The largest absolute Gasteiger partial charge is 0.347 e. The molecule has 1 aliphatic rings. The van der Waals surface area contributed by atoms with E-state index in [1.54, 1.807) is 24.6 Å². The Kier molecular flexibility index (Phi) is 3.97. The van der Waals surface area contributed by atoms with Crippen molar-refractivity contribution >= 4 is 17.7 Å². The zero-order valence-electron chi connectivity index (χ0n) is 12.2. The minimum absolute atomic E-state index is 0.0949. The quantitative estimate of drug-likeness (QED) is 0.810. The van der Waals surface area contributed by atoms with Gasteiger partial charge in [-0.3, -0.25) is 14.2 Å². The fourth-order valence-electron chi connectivity index (χ4n) is 2.18. The van der Waals surface area contributed by atoms with Crippen LogP contribution >= 0.6 is 11.8 Å². The van der Waals surface area contributed by atoms with Crippen LogP contribution in [0, 0.1) is 19.8 Å². The molecule has 0 saturated carbocycles. The molecule has 3 heterocycles. The molecule has 2 aromatic rings. The van der Waals surface area contributed by atoms with E-state index in [2.05, 4.69) is 20.4 Å². The molecule has 1 atom stereocenters. The number of thioether (sulfide) groups is 1. The number of amides is 1. The average molecular weight is 321 g/mol. The van der Waals surface area contributed by atoms with Crippen molar-refractivity contribution in [2.45, 2.75) is 32.1 Å². The van der Waals surface area contributed by atoms with Crippen LogP contribution in [0.3, 0.4) is 0 Å². The van der Waals surface area contributed by atoms with Gasteiger partial charge in [0.1, 0.15) is 0 Å². The second kappa shape index (κ2) is 5.91. The Hall–Kier alpha value is -2.16. The molecule has 1 N–H and O–H groups in total. The smallest absolute Gasteiger partial charge is 0.257 e. The van der Waals surface area contributed by atoms with Crippen LogP contribution in [0.5, 0.6) is 0 Å². The lowest BCUT2D eigenvalue weighted by molar-refractivity contribution is -0.125. The first-order chi connectivity index (χ1) is 10.5. The van der Waals surface area contributed by atoms with Gasteiger partial charge in [0.05, 0.1) is 12.5 Å². The van der Waals surface area contributed by atoms with Crippen LogP contribution in [0.15, 0.2) is 20.7 Å². The normalized spacial score (nSPS) is 17.1. The Bertz CT molecular complexity index is 769. The molecule has 116 valence electrons. The van der Waals surface area contributed by atoms with Gasteiger partial charge in [0.15, 0.2) is 11.0 Å². The van der Waals surface area contributed by atoms with Crippen molar-refractivity contribution in [1.82, 2.24) is 25.0 Å². The van der Waals surface area contributed by atoms with E-state index < -0.39 is 0 Å². The summed E-state index contributed by atoms with van der Waals surface area (Å²) < 4.78 is 6.51. The molecule has 1 aliphatic heterocycles. The topological polar surface area (TPSA) is 103 Å². The molecule has 0 fully saturated rings. The summed E-state index contributed by atoms with van der Waals surface area (Å²) in [5, 5.41) is 7.08. The van der Waals surface area contributed by atoms with Gasteiger partial charge >= 0.3 is 0 Å². The lowest BCUT2D eigenvalue weighted by Gasteiger charge is -2.24. The van der Waals surface area contributed by atoms with Crippen molar-refractivity contribution in [2.75, 3.05) is 5.75 Å². The summed E-state index contributed by atoms with van der Waals surface area (Å²) in [6.45, 7) is 3.96. The second-order valence-corrected chi connectivity index (χ2v) is 6.09. The van der Waals surface area contributed by atoms with Crippen molar-refractivity contribution < 1.29 is 9.32 Å². The molecule has 8 nitrogen and oxygen atoms in total. The summed E-state index contributed by atoms with van der Waals surface area (Å²) in [4.78, 5) is 32.6. The second-order valence-electron chi connectivity index (χ2n) is 5.10. The highest BCUT2D eigenvalue weighted by molar-refractivity contribution is 7.99. The van der Waals surface area contributed by atoms with Gasteiger partial charge in [-0.05, 0) is 13.8 Å². The van der Waals surface area contributed by atoms with Crippen LogP contribution in [0.4, 0.5) is 0 Å². The van der Waals surface area contributed by atoms with Gasteiger partial charge in [-0.2, -0.15) is 4.98 Å². The van der Waals surface area contributed by atoms with E-state index in [9.17, 15) is 9.59 Å². The summed E-state index contributed by atoms with van der Waals surface area (Å²) in [6, 6.07) is 0. The summed E-state index contributed by atoms with van der Waals surface area (Å²) in [7, 11) is 0. The molecule has 0 bridgehead atoms. The highest BCUT2D eigenvalue weighted by Gasteiger charge is 2.27. The van der Waals surface area contributed by atoms with Crippen LogP contribution in [-0.4, -0.2) is 31.4 Å². The molecule has 0 saturated heterocycles. The van der Waals surface area contributed by atoms with Crippen molar-refractivity contribution in [3.05, 3.63) is 33.8 Å². The molecule has 1 amide bonds. The third-order valence-electron chi connectivity index (χ3n) is 3.35. The number of aromatic nitrogens is 4. The Morgan fingerprint density at radius 3 is 3.09 bits per heavy atom. The van der Waals surface area contributed by atoms with Crippen LogP contribution in [0.2, 0.25) is 0 Å². The molecule has 22 heavy (non-hydrogen) atoms. The molecule has 3 rings (SSSR count). The van der Waals surface area contributed by atoms with Crippen LogP contribution in [-0.2, 0) is 17.9 Å². The number of carbonyl (C=O) groups is 1. The lowest BCUT2D eigenvalue weighted by atomic mass is 10.1. The van der Waals surface area contributed by atoms with Crippen molar-refractivity contribution in [3.63, 3.8) is 0 Å². The van der Waals surface area contributed by atoms with Gasteiger partial charge in [0.2, 0.25) is 11.8 Å². The number of rotatable bonds is 3. The number of hydrogen-bond acceptors (Lipinski definition) is 7. The molecule has 9 heteroatoms. The van der Waals surface area contributed by atoms with E-state index in [0.29, 0.717) is 34.7 Å². The molecule has 0 spiro atoms. The maximum absolute atomic E-state index is 12.2. The van der Waals surface area contributed by atoms with Crippen LogP contribution in [0.1, 0.15) is 17.3 Å². The minimum Gasteiger partial charge on any atom is -0.347 e. The molecular formula is C13H15N5O3S. The number of carbonyl (C=O) groups excluding carboxylic acids is 1. The van der Waals surface area contributed by atoms with Gasteiger partial charge in [0, 0.05) is 24.1 Å². The summed E-state index contributed by atoms with van der Waals surface area (Å²) >= 11 is 1.41. The zero-order chi connectivity index (χ0) is 15.7. The molecule has 1 unspecified atom stereocenters. The van der Waals surface area contributed by atoms with Gasteiger partial charge < -0.3 is 9.84 Å². The number of nitrogens with one attached hydrogen (secondary N) is 1. The third kappa shape index (κ3) is 2.89. The molecule has 0 radical (unpaired) electrons. The number of nitrogens with zero attached hydrogens (tertiary/aromatic N) is 4. The standard InChI is InChI=1S/C13H15N5O3S/c1-7-3-15-13-18(12(7)20)5-9(6-22-13)11(19)14-4-10-16-8(2)17-21-10/h3,9H,4-6H2,1-2H3,(H,14,19). The Morgan fingerprint density at radius 1 is 1.55 bits per heavy atom. The summed E-state index contributed by atoms with van der Waals surface area (Å²) in [6.07, 6.45) is 1.57. The summed E-state index contributed by atoms with van der Waals surface area (Å²) in [5.74, 6) is 1.05. The van der Waals surface area contributed by atoms with Crippen LogP contribution < -0.4 is 10.9 Å². The fraction of sp³-hybridized carbons (Fsp3) is 0.462. The van der Waals surface area contributed by atoms with Crippen LogP contribution in [0.25, 0.3) is 0 Å². The first kappa shape index (κ1) is 14.8. The van der Waals surface area contributed by atoms with E-state index in [4.69, 9.17) is 4.52 Å². The van der Waals surface area contributed by atoms with Gasteiger partial charge in [-0.15, -0.1) is 0 Å². The van der Waals surface area contributed by atoms with E-state index in [0.717, 1.165) is 0 Å². The maximum atomic E-state index is 12.2. The highest BCUT2D eigenvalue weighted by Crippen LogP contribution is 2.24. The van der Waals surface area contributed by atoms with Crippen molar-refractivity contribution in [1.29, 1.82) is 0 Å². The lowest BCUT2D eigenvalue weighted by Crippen LogP contribution is -2.40. The maximum Gasteiger partial charge on any atom is 0.257 e. The van der Waals surface area contributed by atoms with Gasteiger partial charge in [-0.1, -0.05) is 16.9 Å². The third-order valence-corrected chi connectivity index (χ3v) is 4.51. The predicted molar refractivity (Wildman–Crippen MR) is 78.3 cm³/mol. The van der Waals surface area contributed by atoms with Gasteiger partial charge in [0.25, 0.3) is 5.56 Å². The first-order valence-corrected chi connectivity index (χ1v) is 7.79. The minimum atomic E-state index is -0.289. The first-order valence-electron chi connectivity index (χ1n) is 6.80. The molecule has 0 aromatic carbocycles. The molecule has 0 aliphatic carbocycles. The number of fused-ring (bicyclic) bond motifs is 1. The van der Waals surface area contributed by atoms with Gasteiger partial charge in [-0.25, -0.2) is 4.98 Å². The highest BCUT2D eigenvalue weighted by atomic mass is 32.2. The SMILES string of the molecule is Cc1noc(CNC(=O)C2CSc3ncc(C)c(=O)n3C2)n1. The Labute approximate surface area is 130 Å². The Balaban J connectivity index is 1.67. The fourth-order valence-corrected chi connectivity index (χ4v) is 3.23. The van der Waals surface area contributed by atoms with Crippen molar-refractivity contribution in [2.24, 2.45) is 5.92 Å². The number of aryl methyl sites for hydroxylation is 2. The molecule has 2 aromatic heterocycles. The van der Waals surface area contributed by atoms with E-state index in [-0.39, 0.29) is 23.9 Å².